The van der Waals surface area contributed by atoms with Gasteiger partial charge in [0.2, 0.25) is 5.91 Å². The molecule has 21 heavy (non-hydrogen) atoms. The lowest BCUT2D eigenvalue weighted by atomic mass is 9.96. The zero-order valence-electron chi connectivity index (χ0n) is 13.7. The van der Waals surface area contributed by atoms with Crippen LogP contribution in [0.2, 0.25) is 0 Å². The van der Waals surface area contributed by atoms with Gasteiger partial charge in [0.15, 0.2) is 0 Å². The number of hydrogen-bond donors (Lipinski definition) is 3. The van der Waals surface area contributed by atoms with Crippen LogP contribution in [-0.2, 0) is 10.2 Å². The lowest BCUT2D eigenvalue weighted by Gasteiger charge is -2.18. The zero-order valence-corrected chi connectivity index (χ0v) is 13.7. The van der Waals surface area contributed by atoms with Gasteiger partial charge in [-0.15, -0.1) is 0 Å². The first-order valence-corrected chi connectivity index (χ1v) is 7.34. The minimum absolute atomic E-state index is 0.0364. The molecule has 0 aliphatic carbocycles. The first kappa shape index (κ1) is 17.2. The fourth-order valence-electron chi connectivity index (χ4n) is 1.60. The van der Waals surface area contributed by atoms with Gasteiger partial charge in [-0.25, -0.2) is 9.97 Å². The Morgan fingerprint density at radius 2 is 2.00 bits per heavy atom. The molecule has 118 valence electrons. The Labute approximate surface area is 126 Å². The first-order chi connectivity index (χ1) is 9.68. The van der Waals surface area contributed by atoms with Crippen molar-refractivity contribution < 1.29 is 4.79 Å². The smallest absolute Gasteiger partial charge is 0.221 e. The van der Waals surface area contributed by atoms with Gasteiger partial charge in [-0.2, -0.15) is 0 Å². The van der Waals surface area contributed by atoms with Crippen molar-refractivity contribution in [2.45, 2.75) is 46.5 Å². The average Bonchev–Trinajstić information content (AvgIpc) is 2.34. The van der Waals surface area contributed by atoms with Gasteiger partial charge in [0, 0.05) is 31.0 Å². The van der Waals surface area contributed by atoms with Gasteiger partial charge in [-0.3, -0.25) is 4.79 Å². The molecule has 0 aromatic carbocycles. The minimum Gasteiger partial charge on any atom is -0.384 e. The fraction of sp³-hybridized carbons (Fsp3) is 0.667. The number of hydrogen-bond acceptors (Lipinski definition) is 5. The van der Waals surface area contributed by atoms with Crippen molar-refractivity contribution in [3.63, 3.8) is 0 Å². The summed E-state index contributed by atoms with van der Waals surface area (Å²) in [6, 6.07) is 1.68. The molecule has 6 nitrogen and oxygen atoms in total. The summed E-state index contributed by atoms with van der Waals surface area (Å²) in [5.41, 5.74) is 5.63. The Morgan fingerprint density at radius 3 is 2.57 bits per heavy atom. The van der Waals surface area contributed by atoms with Crippen molar-refractivity contribution in [2.75, 3.05) is 24.1 Å². The number of nitrogen functional groups attached to an aromatic ring is 1. The van der Waals surface area contributed by atoms with E-state index >= 15 is 0 Å². The predicted octanol–water partition coefficient (Wildman–Crippen LogP) is 1.93. The van der Waals surface area contributed by atoms with Gasteiger partial charge in [0.1, 0.15) is 17.5 Å². The summed E-state index contributed by atoms with van der Waals surface area (Å²) >= 11 is 0. The molecule has 0 unspecified atom stereocenters. The van der Waals surface area contributed by atoms with Crippen molar-refractivity contribution in [1.82, 2.24) is 15.3 Å². The molecule has 6 heteroatoms. The molecule has 0 saturated heterocycles. The first-order valence-electron chi connectivity index (χ1n) is 7.34. The average molecular weight is 293 g/mol. The summed E-state index contributed by atoms with van der Waals surface area (Å²) in [7, 11) is 0. The van der Waals surface area contributed by atoms with Gasteiger partial charge < -0.3 is 16.4 Å². The number of carbonyl (C=O) groups excluding carboxylic acids is 1. The standard InChI is InChI=1S/C15H27N5O/c1-10(2)9-18-13(21)6-7-17-12-8-11(16)19-14(20-12)15(3,4)5/h8,10H,6-7,9H2,1-5H3,(H,18,21)(H3,16,17,19,20). The second-order valence-corrected chi connectivity index (χ2v) is 6.63. The molecular weight excluding hydrogens is 266 g/mol. The van der Waals surface area contributed by atoms with Crippen LogP contribution in [0.25, 0.3) is 0 Å². The highest BCUT2D eigenvalue weighted by Gasteiger charge is 2.18. The van der Waals surface area contributed by atoms with E-state index in [0.29, 0.717) is 42.9 Å². The highest BCUT2D eigenvalue weighted by atomic mass is 16.1. The molecule has 4 N–H and O–H groups in total. The van der Waals surface area contributed by atoms with Crippen molar-refractivity contribution in [1.29, 1.82) is 0 Å². The molecule has 1 aromatic rings. The Morgan fingerprint density at radius 1 is 1.33 bits per heavy atom. The molecule has 1 amide bonds. The second kappa shape index (κ2) is 7.24. The van der Waals surface area contributed by atoms with E-state index in [-0.39, 0.29) is 11.3 Å². The Balaban J connectivity index is 2.52. The number of anilines is 2. The van der Waals surface area contributed by atoms with Crippen LogP contribution in [0, 0.1) is 5.92 Å². The van der Waals surface area contributed by atoms with Crippen LogP contribution in [0.4, 0.5) is 11.6 Å². The quantitative estimate of drug-likeness (QED) is 0.745. The number of carbonyl (C=O) groups is 1. The molecule has 0 radical (unpaired) electrons. The summed E-state index contributed by atoms with van der Waals surface area (Å²) in [6.45, 7) is 11.4. The Kier molecular flexibility index (Phi) is 5.93. The zero-order chi connectivity index (χ0) is 16.0. The molecule has 0 fully saturated rings. The van der Waals surface area contributed by atoms with E-state index in [1.165, 1.54) is 0 Å². The number of rotatable bonds is 6. The van der Waals surface area contributed by atoms with Crippen molar-refractivity contribution >= 4 is 17.5 Å². The van der Waals surface area contributed by atoms with Crippen LogP contribution in [0.15, 0.2) is 6.07 Å². The normalized spacial score (nSPS) is 11.5. The van der Waals surface area contributed by atoms with E-state index in [1.807, 2.05) is 20.8 Å². The van der Waals surface area contributed by atoms with E-state index in [2.05, 4.69) is 34.4 Å². The van der Waals surface area contributed by atoms with Crippen molar-refractivity contribution in [3.8, 4) is 0 Å². The van der Waals surface area contributed by atoms with Crippen LogP contribution in [0.1, 0.15) is 46.9 Å². The van der Waals surface area contributed by atoms with E-state index in [9.17, 15) is 4.79 Å². The maximum Gasteiger partial charge on any atom is 0.221 e. The van der Waals surface area contributed by atoms with Crippen LogP contribution in [0.5, 0.6) is 0 Å². The molecule has 0 saturated carbocycles. The monoisotopic (exact) mass is 293 g/mol. The van der Waals surface area contributed by atoms with Gasteiger partial charge >= 0.3 is 0 Å². The topological polar surface area (TPSA) is 92.9 Å². The van der Waals surface area contributed by atoms with Crippen LogP contribution >= 0.6 is 0 Å². The van der Waals surface area contributed by atoms with Crippen LogP contribution in [-0.4, -0.2) is 29.0 Å². The molecule has 0 bridgehead atoms. The van der Waals surface area contributed by atoms with Gasteiger partial charge in [-0.1, -0.05) is 34.6 Å². The molecule has 0 aliphatic heterocycles. The summed E-state index contributed by atoms with van der Waals surface area (Å²) < 4.78 is 0. The maximum atomic E-state index is 11.6. The Hall–Kier alpha value is -1.85. The third kappa shape index (κ3) is 6.42. The van der Waals surface area contributed by atoms with Crippen molar-refractivity contribution in [2.24, 2.45) is 5.92 Å². The molecular formula is C15H27N5O. The SMILES string of the molecule is CC(C)CNC(=O)CCNc1cc(N)nc(C(C)(C)C)n1. The summed E-state index contributed by atoms with van der Waals surface area (Å²) in [5.74, 6) is 2.27. The van der Waals surface area contributed by atoms with E-state index in [0.717, 1.165) is 0 Å². The largest absolute Gasteiger partial charge is 0.384 e. The number of nitrogens with one attached hydrogen (secondary N) is 2. The lowest BCUT2D eigenvalue weighted by molar-refractivity contribution is -0.120. The van der Waals surface area contributed by atoms with Crippen LogP contribution in [0.3, 0.4) is 0 Å². The van der Waals surface area contributed by atoms with Gasteiger partial charge in [0.25, 0.3) is 0 Å². The summed E-state index contributed by atoms with van der Waals surface area (Å²) in [4.78, 5) is 20.3. The highest BCUT2D eigenvalue weighted by molar-refractivity contribution is 5.76. The van der Waals surface area contributed by atoms with Gasteiger partial charge in [0.05, 0.1) is 0 Å². The minimum atomic E-state index is -0.166. The molecule has 1 aromatic heterocycles. The lowest BCUT2D eigenvalue weighted by Crippen LogP contribution is -2.28. The molecule has 0 aliphatic rings. The second-order valence-electron chi connectivity index (χ2n) is 6.63. The Bertz CT molecular complexity index is 479. The number of aromatic nitrogens is 2. The number of nitrogens with zero attached hydrogens (tertiary/aromatic N) is 2. The maximum absolute atomic E-state index is 11.6. The van der Waals surface area contributed by atoms with Gasteiger partial charge in [-0.05, 0) is 5.92 Å². The van der Waals surface area contributed by atoms with Crippen LogP contribution < -0.4 is 16.4 Å². The summed E-state index contributed by atoms with van der Waals surface area (Å²) in [6.07, 6.45) is 0.404. The predicted molar refractivity (Wildman–Crippen MR) is 86.1 cm³/mol. The molecule has 1 heterocycles. The van der Waals surface area contributed by atoms with E-state index in [4.69, 9.17) is 5.73 Å². The summed E-state index contributed by atoms with van der Waals surface area (Å²) in [5, 5.41) is 6.00. The number of nitrogens with two attached hydrogens (primary N) is 1. The number of amides is 1. The third-order valence-electron chi connectivity index (χ3n) is 2.78. The third-order valence-corrected chi connectivity index (χ3v) is 2.78. The van der Waals surface area contributed by atoms with E-state index < -0.39 is 0 Å². The highest BCUT2D eigenvalue weighted by Crippen LogP contribution is 2.21. The molecule has 0 atom stereocenters. The van der Waals surface area contributed by atoms with E-state index in [1.54, 1.807) is 6.07 Å². The molecule has 0 spiro atoms. The molecule has 1 rings (SSSR count). The fourth-order valence-corrected chi connectivity index (χ4v) is 1.60. The van der Waals surface area contributed by atoms with Crippen molar-refractivity contribution in [3.05, 3.63) is 11.9 Å².